The van der Waals surface area contributed by atoms with Gasteiger partial charge >= 0.3 is 0 Å². The molecule has 2 heterocycles. The number of benzene rings is 2. The molecule has 1 fully saturated rings. The van der Waals surface area contributed by atoms with Gasteiger partial charge < -0.3 is 9.84 Å². The van der Waals surface area contributed by atoms with Crippen molar-refractivity contribution in [1.29, 1.82) is 0 Å². The van der Waals surface area contributed by atoms with Crippen LogP contribution in [0.2, 0.25) is 5.02 Å². The number of hydrogen-bond donors (Lipinski definition) is 1. The van der Waals surface area contributed by atoms with E-state index in [1.54, 1.807) is 60.8 Å². The van der Waals surface area contributed by atoms with E-state index in [1.165, 1.54) is 4.90 Å². The molecule has 4 rings (SSSR count). The van der Waals surface area contributed by atoms with Crippen LogP contribution in [-0.2, 0) is 9.59 Å². The van der Waals surface area contributed by atoms with Crippen LogP contribution >= 0.6 is 11.6 Å². The number of aliphatic hydroxyl groups excluding tert-OH is 1. The molecule has 1 amide bonds. The Bertz CT molecular complexity index is 1270. The summed E-state index contributed by atoms with van der Waals surface area (Å²) in [6.07, 6.45) is 1.58. The number of carbonyl (C=O) groups excluding carboxylic acids is 2. The number of rotatable bonds is 5. The van der Waals surface area contributed by atoms with E-state index in [0.29, 0.717) is 34.3 Å². The van der Waals surface area contributed by atoms with Crippen LogP contribution in [0, 0.1) is 13.8 Å². The maximum atomic E-state index is 13.2. The molecule has 1 N–H and O–H groups in total. The molecule has 0 radical (unpaired) electrons. The topological polar surface area (TPSA) is 79.7 Å². The van der Waals surface area contributed by atoms with E-state index in [2.05, 4.69) is 4.98 Å². The standard InChI is InChI=1S/C26H23ClN2O4/c1-4-33-21-11-9-17(13-16(21)3)24(30)22-23(20-7-5-6-12-28-20)29(26(32)25(22)31)18-10-8-15(2)19(27)14-18/h5-14,23,30H,4H2,1-3H3/b24-22+. The summed E-state index contributed by atoms with van der Waals surface area (Å²) in [6, 6.07) is 14.6. The summed E-state index contributed by atoms with van der Waals surface area (Å²) in [4.78, 5) is 32.1. The second-order valence-electron chi connectivity index (χ2n) is 7.77. The molecule has 0 spiro atoms. The van der Waals surface area contributed by atoms with Crippen molar-refractivity contribution in [3.05, 3.63) is 93.8 Å². The number of hydrogen-bond acceptors (Lipinski definition) is 5. The fraction of sp³-hybridized carbons (Fsp3) is 0.192. The van der Waals surface area contributed by atoms with Gasteiger partial charge in [0.2, 0.25) is 0 Å². The van der Waals surface area contributed by atoms with Gasteiger partial charge in [0, 0.05) is 22.5 Å². The Labute approximate surface area is 197 Å². The van der Waals surface area contributed by atoms with Crippen molar-refractivity contribution in [2.24, 2.45) is 0 Å². The van der Waals surface area contributed by atoms with Gasteiger partial charge in [-0.15, -0.1) is 0 Å². The maximum absolute atomic E-state index is 13.2. The molecule has 0 aliphatic carbocycles. The number of Topliss-reactive ketones (excluding diaryl/α,β-unsaturated/α-hetero) is 1. The molecule has 33 heavy (non-hydrogen) atoms. The maximum Gasteiger partial charge on any atom is 0.300 e. The van der Waals surface area contributed by atoms with Crippen LogP contribution in [0.25, 0.3) is 5.76 Å². The number of amides is 1. The molecular weight excluding hydrogens is 440 g/mol. The van der Waals surface area contributed by atoms with Gasteiger partial charge in [-0.2, -0.15) is 0 Å². The van der Waals surface area contributed by atoms with Crippen LogP contribution in [-0.4, -0.2) is 28.4 Å². The Kier molecular flexibility index (Phi) is 6.20. The number of ketones is 1. The van der Waals surface area contributed by atoms with Crippen LogP contribution in [0.1, 0.15) is 35.3 Å². The van der Waals surface area contributed by atoms with Crippen molar-refractivity contribution in [2.75, 3.05) is 11.5 Å². The first-order valence-corrected chi connectivity index (χ1v) is 10.9. The number of carbonyl (C=O) groups is 2. The zero-order valence-corrected chi connectivity index (χ0v) is 19.3. The summed E-state index contributed by atoms with van der Waals surface area (Å²) in [6.45, 7) is 6.10. The Morgan fingerprint density at radius 2 is 1.88 bits per heavy atom. The molecule has 0 bridgehead atoms. The highest BCUT2D eigenvalue weighted by Crippen LogP contribution is 2.42. The van der Waals surface area contributed by atoms with Crippen molar-refractivity contribution in [3.63, 3.8) is 0 Å². The highest BCUT2D eigenvalue weighted by molar-refractivity contribution is 6.51. The van der Waals surface area contributed by atoms with E-state index in [9.17, 15) is 14.7 Å². The molecule has 3 aromatic rings. The lowest BCUT2D eigenvalue weighted by molar-refractivity contribution is -0.132. The zero-order chi connectivity index (χ0) is 23.7. The van der Waals surface area contributed by atoms with E-state index in [0.717, 1.165) is 11.1 Å². The molecule has 168 valence electrons. The van der Waals surface area contributed by atoms with E-state index in [-0.39, 0.29) is 11.3 Å². The Morgan fingerprint density at radius 3 is 2.52 bits per heavy atom. The number of anilines is 1. The second-order valence-corrected chi connectivity index (χ2v) is 8.18. The minimum atomic E-state index is -0.906. The van der Waals surface area contributed by atoms with Crippen molar-refractivity contribution in [3.8, 4) is 5.75 Å². The monoisotopic (exact) mass is 462 g/mol. The van der Waals surface area contributed by atoms with Gasteiger partial charge in [-0.25, -0.2) is 0 Å². The molecule has 0 saturated carbocycles. The summed E-state index contributed by atoms with van der Waals surface area (Å²) in [5.41, 5.74) is 2.93. The van der Waals surface area contributed by atoms with E-state index < -0.39 is 17.7 Å². The molecule has 7 heteroatoms. The van der Waals surface area contributed by atoms with Crippen LogP contribution in [0.3, 0.4) is 0 Å². The normalized spacial score (nSPS) is 17.5. The lowest BCUT2D eigenvalue weighted by Gasteiger charge is -2.25. The predicted molar refractivity (Wildman–Crippen MR) is 128 cm³/mol. The first-order valence-electron chi connectivity index (χ1n) is 10.6. The average molecular weight is 463 g/mol. The van der Waals surface area contributed by atoms with Crippen LogP contribution in [0.4, 0.5) is 5.69 Å². The number of ether oxygens (including phenoxy) is 1. The van der Waals surface area contributed by atoms with Crippen LogP contribution < -0.4 is 9.64 Å². The van der Waals surface area contributed by atoms with E-state index >= 15 is 0 Å². The minimum absolute atomic E-state index is 0.0287. The number of aliphatic hydroxyl groups is 1. The van der Waals surface area contributed by atoms with Gasteiger partial charge in [-0.3, -0.25) is 19.5 Å². The number of aromatic nitrogens is 1. The summed E-state index contributed by atoms with van der Waals surface area (Å²) in [5, 5.41) is 11.7. The molecule has 1 aromatic heterocycles. The first kappa shape index (κ1) is 22.6. The smallest absolute Gasteiger partial charge is 0.300 e. The van der Waals surface area contributed by atoms with Crippen molar-refractivity contribution < 1.29 is 19.4 Å². The molecule has 1 aliphatic rings. The SMILES string of the molecule is CCOc1ccc(/C(O)=C2\C(=O)C(=O)N(c3ccc(C)c(Cl)c3)C2c2ccccn2)cc1C. The quantitative estimate of drug-likeness (QED) is 0.313. The van der Waals surface area contributed by atoms with E-state index in [1.807, 2.05) is 20.8 Å². The lowest BCUT2D eigenvalue weighted by atomic mass is 9.97. The number of nitrogens with zero attached hydrogens (tertiary/aromatic N) is 2. The summed E-state index contributed by atoms with van der Waals surface area (Å²) < 4.78 is 5.57. The summed E-state index contributed by atoms with van der Waals surface area (Å²) >= 11 is 6.31. The number of aryl methyl sites for hydroxylation is 2. The van der Waals surface area contributed by atoms with Gasteiger partial charge in [0.1, 0.15) is 17.6 Å². The van der Waals surface area contributed by atoms with Crippen molar-refractivity contribution in [2.45, 2.75) is 26.8 Å². The molecular formula is C26H23ClN2O4. The first-order chi connectivity index (χ1) is 15.8. The predicted octanol–water partition coefficient (Wildman–Crippen LogP) is 5.38. The Morgan fingerprint density at radius 1 is 1.09 bits per heavy atom. The van der Waals surface area contributed by atoms with Crippen LogP contribution in [0.5, 0.6) is 5.75 Å². The second kappa shape index (κ2) is 9.08. The van der Waals surface area contributed by atoms with Gasteiger partial charge in [0.05, 0.1) is 17.9 Å². The molecule has 1 saturated heterocycles. The molecule has 1 atom stereocenters. The van der Waals surface area contributed by atoms with Gasteiger partial charge in [-0.1, -0.05) is 23.7 Å². The highest BCUT2D eigenvalue weighted by atomic mass is 35.5. The average Bonchev–Trinajstić information content (AvgIpc) is 3.08. The third-order valence-electron chi connectivity index (χ3n) is 5.59. The fourth-order valence-electron chi connectivity index (χ4n) is 3.92. The fourth-order valence-corrected chi connectivity index (χ4v) is 4.09. The lowest BCUT2D eigenvalue weighted by Crippen LogP contribution is -2.29. The molecule has 1 aliphatic heterocycles. The van der Waals surface area contributed by atoms with Gasteiger partial charge in [0.15, 0.2) is 0 Å². The third-order valence-corrected chi connectivity index (χ3v) is 6.00. The van der Waals surface area contributed by atoms with Crippen molar-refractivity contribution in [1.82, 2.24) is 4.98 Å². The minimum Gasteiger partial charge on any atom is -0.507 e. The van der Waals surface area contributed by atoms with Gasteiger partial charge in [0.25, 0.3) is 11.7 Å². The van der Waals surface area contributed by atoms with Crippen molar-refractivity contribution >= 4 is 34.7 Å². The molecule has 2 aromatic carbocycles. The summed E-state index contributed by atoms with van der Waals surface area (Å²) in [7, 11) is 0. The Balaban J connectivity index is 1.91. The number of pyridine rings is 1. The summed E-state index contributed by atoms with van der Waals surface area (Å²) in [5.74, 6) is -1.12. The zero-order valence-electron chi connectivity index (χ0n) is 18.5. The van der Waals surface area contributed by atoms with Gasteiger partial charge in [-0.05, 0) is 74.4 Å². The van der Waals surface area contributed by atoms with Crippen LogP contribution in [0.15, 0.2) is 66.4 Å². The Hall–Kier alpha value is -3.64. The molecule has 1 unspecified atom stereocenters. The third kappa shape index (κ3) is 4.10. The largest absolute Gasteiger partial charge is 0.507 e. The number of halogens is 1. The molecule has 6 nitrogen and oxygen atoms in total. The van der Waals surface area contributed by atoms with E-state index in [4.69, 9.17) is 16.3 Å². The highest BCUT2D eigenvalue weighted by Gasteiger charge is 2.47.